The van der Waals surface area contributed by atoms with Crippen LogP contribution in [0, 0.1) is 0 Å². The van der Waals surface area contributed by atoms with Crippen molar-refractivity contribution >= 4 is 81.3 Å². The fraction of sp³-hybridized carbons (Fsp3) is 0. The van der Waals surface area contributed by atoms with Crippen molar-refractivity contribution in [2.75, 3.05) is 4.90 Å². The quantitative estimate of drug-likeness (QED) is 0.170. The number of fused-ring (bicyclic) bond motifs is 7. The zero-order chi connectivity index (χ0) is 36.3. The van der Waals surface area contributed by atoms with E-state index in [0.29, 0.717) is 0 Å². The molecule has 0 N–H and O–H groups in total. The number of benzene rings is 9. The van der Waals surface area contributed by atoms with Gasteiger partial charge in [0.1, 0.15) is 5.58 Å². The Labute approximate surface area is 322 Å². The van der Waals surface area contributed by atoms with Crippen molar-refractivity contribution < 1.29 is 4.42 Å². The fourth-order valence-corrected chi connectivity index (χ4v) is 9.55. The summed E-state index contributed by atoms with van der Waals surface area (Å²) in [7, 11) is 0. The maximum Gasteiger partial charge on any atom is 0.159 e. The number of nitrogens with zero attached hydrogens (tertiary/aromatic N) is 1. The molecule has 3 heteroatoms. The molecule has 0 spiro atoms. The van der Waals surface area contributed by atoms with Gasteiger partial charge in [0.2, 0.25) is 0 Å². The average molecular weight is 720 g/mol. The van der Waals surface area contributed by atoms with Crippen molar-refractivity contribution in [1.29, 1.82) is 0 Å². The number of rotatable bonds is 6. The van der Waals surface area contributed by atoms with E-state index in [1.165, 1.54) is 47.6 Å². The molecule has 0 radical (unpaired) electrons. The highest BCUT2D eigenvalue weighted by Gasteiger charge is 2.22. The molecular weight excluding hydrogens is 687 g/mol. The maximum absolute atomic E-state index is 7.00. The van der Waals surface area contributed by atoms with Crippen molar-refractivity contribution in [1.82, 2.24) is 0 Å². The third-order valence-corrected chi connectivity index (χ3v) is 12.1. The van der Waals surface area contributed by atoms with Crippen LogP contribution in [0.1, 0.15) is 0 Å². The third-order valence-electron chi connectivity index (χ3n) is 10.9. The largest absolute Gasteiger partial charge is 0.453 e. The first-order valence-corrected chi connectivity index (χ1v) is 19.5. The SMILES string of the molecule is c1ccc(-c2cccc3c2oc2c(N(c4ccc(-c5cccc6c5sc5ccccc56)cc4)c4cccc(-c5cccc6ccccc56)c4)cccc23)cc1. The normalized spacial score (nSPS) is 11.6. The van der Waals surface area contributed by atoms with Crippen molar-refractivity contribution in [2.24, 2.45) is 0 Å². The Morgan fingerprint density at radius 2 is 0.964 bits per heavy atom. The molecule has 0 aliphatic heterocycles. The molecule has 0 saturated heterocycles. The first-order chi connectivity index (χ1) is 27.3. The first kappa shape index (κ1) is 31.6. The molecule has 0 amide bonds. The van der Waals surface area contributed by atoms with Crippen molar-refractivity contribution in [2.45, 2.75) is 0 Å². The molecular formula is C52H33NOS. The van der Waals surface area contributed by atoms with Gasteiger partial charge in [-0.1, -0.05) is 164 Å². The fourth-order valence-electron chi connectivity index (χ4n) is 8.31. The molecule has 0 atom stereocenters. The molecule has 0 unspecified atom stereocenters. The minimum absolute atomic E-state index is 0.857. The van der Waals surface area contributed by atoms with Gasteiger partial charge in [0.25, 0.3) is 0 Å². The minimum atomic E-state index is 0.857. The van der Waals surface area contributed by atoms with Crippen LogP contribution in [0.3, 0.4) is 0 Å². The van der Waals surface area contributed by atoms with Crippen molar-refractivity contribution in [3.63, 3.8) is 0 Å². The Kier molecular flexibility index (Phi) is 7.39. The highest BCUT2D eigenvalue weighted by atomic mass is 32.1. The molecule has 2 heterocycles. The number of para-hydroxylation sites is 2. The van der Waals surface area contributed by atoms with E-state index in [0.717, 1.165) is 55.7 Å². The summed E-state index contributed by atoms with van der Waals surface area (Å²) in [6.45, 7) is 0. The summed E-state index contributed by atoms with van der Waals surface area (Å²) in [5.74, 6) is 0. The van der Waals surface area contributed by atoms with Crippen LogP contribution >= 0.6 is 11.3 Å². The topological polar surface area (TPSA) is 16.4 Å². The molecule has 2 aromatic heterocycles. The van der Waals surface area contributed by atoms with E-state index in [1.807, 2.05) is 11.3 Å². The van der Waals surface area contributed by atoms with Gasteiger partial charge in [-0.25, -0.2) is 0 Å². The molecule has 55 heavy (non-hydrogen) atoms. The van der Waals surface area contributed by atoms with Gasteiger partial charge in [-0.15, -0.1) is 11.3 Å². The van der Waals surface area contributed by atoms with Gasteiger partial charge in [-0.05, 0) is 75.0 Å². The smallest absolute Gasteiger partial charge is 0.159 e. The van der Waals surface area contributed by atoms with Gasteiger partial charge in [0, 0.05) is 47.9 Å². The number of thiophene rings is 1. The summed E-state index contributed by atoms with van der Waals surface area (Å²) in [5, 5.41) is 7.28. The van der Waals surface area contributed by atoms with E-state index >= 15 is 0 Å². The van der Waals surface area contributed by atoms with E-state index in [4.69, 9.17) is 4.42 Å². The van der Waals surface area contributed by atoms with Gasteiger partial charge in [-0.2, -0.15) is 0 Å². The lowest BCUT2D eigenvalue weighted by Crippen LogP contribution is -2.10. The van der Waals surface area contributed by atoms with E-state index in [9.17, 15) is 0 Å². The van der Waals surface area contributed by atoms with Crippen molar-refractivity contribution in [3.05, 3.63) is 200 Å². The van der Waals surface area contributed by atoms with Crippen LogP contribution in [-0.4, -0.2) is 0 Å². The third kappa shape index (κ3) is 5.24. The highest BCUT2D eigenvalue weighted by Crippen LogP contribution is 2.46. The van der Waals surface area contributed by atoms with Crippen LogP contribution in [-0.2, 0) is 0 Å². The summed E-state index contributed by atoms with van der Waals surface area (Å²) in [4.78, 5) is 2.35. The Morgan fingerprint density at radius 1 is 0.364 bits per heavy atom. The molecule has 0 aliphatic rings. The molecule has 0 saturated carbocycles. The summed E-state index contributed by atoms with van der Waals surface area (Å²) >= 11 is 1.87. The highest BCUT2D eigenvalue weighted by molar-refractivity contribution is 7.26. The average Bonchev–Trinajstić information content (AvgIpc) is 3.84. The van der Waals surface area contributed by atoms with E-state index in [-0.39, 0.29) is 0 Å². The number of hydrogen-bond acceptors (Lipinski definition) is 3. The molecule has 0 bridgehead atoms. The lowest BCUT2D eigenvalue weighted by atomic mass is 9.97. The number of anilines is 3. The Balaban J connectivity index is 1.11. The van der Waals surface area contributed by atoms with E-state index in [2.05, 4.69) is 205 Å². The van der Waals surface area contributed by atoms with Crippen LogP contribution in [0.2, 0.25) is 0 Å². The Hall–Kier alpha value is -6.94. The predicted octanol–water partition coefficient (Wildman–Crippen LogP) is 15.6. The zero-order valence-corrected chi connectivity index (χ0v) is 30.6. The molecule has 258 valence electrons. The zero-order valence-electron chi connectivity index (χ0n) is 29.8. The lowest BCUT2D eigenvalue weighted by Gasteiger charge is -2.26. The number of hydrogen-bond donors (Lipinski definition) is 0. The van der Waals surface area contributed by atoms with Crippen LogP contribution in [0.5, 0.6) is 0 Å². The van der Waals surface area contributed by atoms with Crippen LogP contribution in [0.25, 0.3) is 86.3 Å². The van der Waals surface area contributed by atoms with Gasteiger partial charge < -0.3 is 9.32 Å². The summed E-state index contributed by atoms with van der Waals surface area (Å²) in [5.41, 5.74) is 11.9. The summed E-state index contributed by atoms with van der Waals surface area (Å²) in [6.07, 6.45) is 0. The van der Waals surface area contributed by atoms with Gasteiger partial charge in [0.15, 0.2) is 5.58 Å². The molecule has 11 rings (SSSR count). The molecule has 2 nitrogen and oxygen atoms in total. The van der Waals surface area contributed by atoms with E-state index < -0.39 is 0 Å². The van der Waals surface area contributed by atoms with Gasteiger partial charge in [-0.3, -0.25) is 0 Å². The Morgan fingerprint density at radius 3 is 1.84 bits per heavy atom. The number of furan rings is 1. The second kappa shape index (κ2) is 12.9. The first-order valence-electron chi connectivity index (χ1n) is 18.7. The van der Waals surface area contributed by atoms with Crippen molar-refractivity contribution in [3.8, 4) is 33.4 Å². The molecule has 0 fully saturated rings. The summed E-state index contributed by atoms with van der Waals surface area (Å²) in [6, 6.07) is 72.0. The lowest BCUT2D eigenvalue weighted by molar-refractivity contribution is 0.670. The standard InChI is InChI=1S/C52H33NOS/c1-2-13-35(14-3-1)42-22-10-24-45-46-25-12-27-48(51(46)54-50(42)45)53(39-18-8-17-37(33-39)41-21-9-16-34-15-4-5-19-40(34)41)38-31-29-36(30-32-38)43-23-11-26-47-44-20-6-7-28-49(44)55-52(43)47/h1-33H. The molecule has 0 aliphatic carbocycles. The predicted molar refractivity (Wildman–Crippen MR) is 235 cm³/mol. The van der Waals surface area contributed by atoms with Gasteiger partial charge in [0.05, 0.1) is 5.69 Å². The minimum Gasteiger partial charge on any atom is -0.453 e. The maximum atomic E-state index is 7.00. The van der Waals surface area contributed by atoms with Gasteiger partial charge >= 0.3 is 0 Å². The van der Waals surface area contributed by atoms with E-state index in [1.54, 1.807) is 0 Å². The Bertz CT molecular complexity index is 3200. The van der Waals surface area contributed by atoms with Crippen LogP contribution < -0.4 is 4.90 Å². The summed E-state index contributed by atoms with van der Waals surface area (Å²) < 4.78 is 9.63. The van der Waals surface area contributed by atoms with Crippen LogP contribution in [0.4, 0.5) is 17.1 Å². The molecule has 9 aromatic carbocycles. The second-order valence-corrected chi connectivity index (χ2v) is 15.1. The monoisotopic (exact) mass is 719 g/mol. The molecule has 11 aromatic rings. The van der Waals surface area contributed by atoms with Crippen LogP contribution in [0.15, 0.2) is 205 Å². The second-order valence-electron chi connectivity index (χ2n) is 14.0.